The maximum Gasteiger partial charge on any atom is 0.264 e. The predicted octanol–water partition coefficient (Wildman–Crippen LogP) is 5.67. The van der Waals surface area contributed by atoms with Crippen LogP contribution < -0.4 is 14.4 Å². The van der Waals surface area contributed by atoms with Crippen molar-refractivity contribution in [2.24, 2.45) is 0 Å². The number of nitrogens with zero attached hydrogens (tertiary/aromatic N) is 2. The average Bonchev–Trinajstić information content (AvgIpc) is 3.01. The van der Waals surface area contributed by atoms with E-state index in [9.17, 15) is 18.0 Å². The van der Waals surface area contributed by atoms with Crippen molar-refractivity contribution in [1.82, 2.24) is 10.2 Å². The van der Waals surface area contributed by atoms with Crippen LogP contribution >= 0.6 is 0 Å². The standard InChI is InChI=1S/C36H41N3O5S/c1-26(2)37-36(41)34(23-29-13-8-6-9-14-29)38(24-30-15-12-16-32(22-30)44-5)35(40)25-39(31-20-27(3)19-28(4)21-31)45(42,43)33-17-10-7-11-18-33/h6-22,26,34H,23-25H2,1-5H3,(H,37,41)/t34-/m1/s1. The van der Waals surface area contributed by atoms with Crippen molar-refractivity contribution >= 4 is 27.5 Å². The topological polar surface area (TPSA) is 96.0 Å². The third-order valence-corrected chi connectivity index (χ3v) is 9.08. The van der Waals surface area contributed by atoms with Crippen molar-refractivity contribution in [2.75, 3.05) is 18.0 Å². The Kier molecular flexibility index (Phi) is 11.0. The summed E-state index contributed by atoms with van der Waals surface area (Å²) in [4.78, 5) is 29.9. The van der Waals surface area contributed by atoms with Gasteiger partial charge in [-0.3, -0.25) is 13.9 Å². The second kappa shape index (κ2) is 14.9. The molecule has 0 heterocycles. The van der Waals surface area contributed by atoms with Gasteiger partial charge in [-0.15, -0.1) is 0 Å². The summed E-state index contributed by atoms with van der Waals surface area (Å²) in [5, 5.41) is 2.97. The SMILES string of the molecule is COc1cccc(CN(C(=O)CN(c2cc(C)cc(C)c2)S(=O)(=O)c2ccccc2)[C@H](Cc2ccccc2)C(=O)NC(C)C)c1. The predicted molar refractivity (Wildman–Crippen MR) is 178 cm³/mol. The van der Waals surface area contributed by atoms with E-state index in [0.717, 1.165) is 26.6 Å². The molecule has 0 aliphatic rings. The number of carbonyl (C=O) groups excluding carboxylic acids is 2. The molecule has 236 valence electrons. The molecule has 0 fully saturated rings. The summed E-state index contributed by atoms with van der Waals surface area (Å²) in [5.41, 5.74) is 3.70. The van der Waals surface area contributed by atoms with Gasteiger partial charge >= 0.3 is 0 Å². The minimum Gasteiger partial charge on any atom is -0.497 e. The van der Waals surface area contributed by atoms with E-state index in [-0.39, 0.29) is 29.8 Å². The molecule has 0 saturated heterocycles. The van der Waals surface area contributed by atoms with E-state index in [0.29, 0.717) is 11.4 Å². The van der Waals surface area contributed by atoms with Crippen LogP contribution in [0.25, 0.3) is 0 Å². The Hall–Kier alpha value is -4.63. The second-order valence-electron chi connectivity index (χ2n) is 11.4. The fraction of sp³-hybridized carbons (Fsp3) is 0.278. The molecule has 0 radical (unpaired) electrons. The van der Waals surface area contributed by atoms with Crippen LogP contribution in [0.15, 0.2) is 108 Å². The lowest BCUT2D eigenvalue weighted by molar-refractivity contribution is -0.140. The summed E-state index contributed by atoms with van der Waals surface area (Å²) in [6.45, 7) is 7.04. The zero-order valence-electron chi connectivity index (χ0n) is 26.4. The molecule has 1 atom stereocenters. The van der Waals surface area contributed by atoms with Crippen LogP contribution in [-0.2, 0) is 32.6 Å². The van der Waals surface area contributed by atoms with Gasteiger partial charge in [-0.05, 0) is 86.3 Å². The van der Waals surface area contributed by atoms with Gasteiger partial charge in [0.1, 0.15) is 18.3 Å². The number of rotatable bonds is 13. The summed E-state index contributed by atoms with van der Waals surface area (Å²) in [6, 6.07) is 29.2. The number of sulfonamides is 1. The van der Waals surface area contributed by atoms with Gasteiger partial charge in [0, 0.05) is 19.0 Å². The minimum absolute atomic E-state index is 0.0606. The van der Waals surface area contributed by atoms with Crippen molar-refractivity contribution in [3.8, 4) is 5.75 Å². The molecule has 0 unspecified atom stereocenters. The average molecular weight is 628 g/mol. The Morgan fingerprint density at radius 3 is 2.00 bits per heavy atom. The zero-order valence-corrected chi connectivity index (χ0v) is 27.3. The quantitative estimate of drug-likeness (QED) is 0.206. The van der Waals surface area contributed by atoms with E-state index in [1.807, 2.05) is 82.3 Å². The van der Waals surface area contributed by atoms with Crippen LogP contribution in [0.3, 0.4) is 0 Å². The van der Waals surface area contributed by atoms with Gasteiger partial charge in [-0.2, -0.15) is 0 Å². The van der Waals surface area contributed by atoms with Gasteiger partial charge in [0.05, 0.1) is 17.7 Å². The first kappa shape index (κ1) is 33.3. The first-order valence-electron chi connectivity index (χ1n) is 14.9. The fourth-order valence-electron chi connectivity index (χ4n) is 5.25. The maximum absolute atomic E-state index is 14.6. The minimum atomic E-state index is -4.16. The van der Waals surface area contributed by atoms with Crippen molar-refractivity contribution in [2.45, 2.75) is 57.6 Å². The molecule has 0 saturated carbocycles. The highest BCUT2D eigenvalue weighted by Gasteiger charge is 2.35. The van der Waals surface area contributed by atoms with Crippen molar-refractivity contribution in [3.63, 3.8) is 0 Å². The zero-order chi connectivity index (χ0) is 32.6. The first-order valence-corrected chi connectivity index (χ1v) is 16.3. The number of methoxy groups -OCH3 is 1. The van der Waals surface area contributed by atoms with Gasteiger partial charge in [0.25, 0.3) is 10.0 Å². The molecule has 1 N–H and O–H groups in total. The Labute approximate surface area is 266 Å². The Morgan fingerprint density at radius 1 is 0.800 bits per heavy atom. The molecule has 4 rings (SSSR count). The lowest BCUT2D eigenvalue weighted by Crippen LogP contribution is -2.54. The smallest absolute Gasteiger partial charge is 0.264 e. The van der Waals surface area contributed by atoms with Crippen molar-refractivity contribution in [1.29, 1.82) is 0 Å². The summed E-state index contributed by atoms with van der Waals surface area (Å²) in [6.07, 6.45) is 0.240. The Balaban J connectivity index is 1.83. The highest BCUT2D eigenvalue weighted by atomic mass is 32.2. The molecule has 0 aliphatic heterocycles. The lowest BCUT2D eigenvalue weighted by atomic mass is 10.0. The largest absolute Gasteiger partial charge is 0.497 e. The van der Waals surface area contributed by atoms with E-state index >= 15 is 0 Å². The molecule has 8 nitrogen and oxygen atoms in total. The fourth-order valence-corrected chi connectivity index (χ4v) is 6.66. The van der Waals surface area contributed by atoms with E-state index in [4.69, 9.17) is 4.74 Å². The summed E-state index contributed by atoms with van der Waals surface area (Å²) >= 11 is 0. The van der Waals surface area contributed by atoms with Gasteiger partial charge in [0.2, 0.25) is 11.8 Å². The van der Waals surface area contributed by atoms with Crippen LogP contribution in [0.5, 0.6) is 5.75 Å². The van der Waals surface area contributed by atoms with Crippen LogP contribution in [0, 0.1) is 13.8 Å². The third-order valence-electron chi connectivity index (χ3n) is 7.29. The van der Waals surface area contributed by atoms with Crippen LogP contribution in [0.2, 0.25) is 0 Å². The molecule has 2 amide bonds. The molecule has 0 aromatic heterocycles. The van der Waals surface area contributed by atoms with E-state index < -0.39 is 28.5 Å². The number of benzene rings is 4. The molecule has 4 aromatic rings. The van der Waals surface area contributed by atoms with E-state index in [1.54, 1.807) is 43.5 Å². The summed E-state index contributed by atoms with van der Waals surface area (Å²) < 4.78 is 34.9. The van der Waals surface area contributed by atoms with Crippen LogP contribution in [0.1, 0.15) is 36.1 Å². The molecule has 0 spiro atoms. The number of aryl methyl sites for hydroxylation is 2. The molecule has 0 bridgehead atoms. The number of hydrogen-bond acceptors (Lipinski definition) is 5. The number of amides is 2. The lowest BCUT2D eigenvalue weighted by Gasteiger charge is -2.34. The van der Waals surface area contributed by atoms with Crippen LogP contribution in [0.4, 0.5) is 5.69 Å². The van der Waals surface area contributed by atoms with Crippen LogP contribution in [-0.4, -0.2) is 50.9 Å². The highest BCUT2D eigenvalue weighted by molar-refractivity contribution is 7.92. The number of anilines is 1. The molecule has 4 aromatic carbocycles. The molecule has 45 heavy (non-hydrogen) atoms. The van der Waals surface area contributed by atoms with Gasteiger partial charge < -0.3 is 15.0 Å². The maximum atomic E-state index is 14.6. The Bertz CT molecular complexity index is 1690. The summed E-state index contributed by atoms with van der Waals surface area (Å²) in [7, 11) is -2.60. The monoisotopic (exact) mass is 627 g/mol. The van der Waals surface area contributed by atoms with Crippen molar-refractivity contribution < 1.29 is 22.7 Å². The van der Waals surface area contributed by atoms with E-state index in [2.05, 4.69) is 5.32 Å². The highest BCUT2D eigenvalue weighted by Crippen LogP contribution is 2.27. The normalized spacial score (nSPS) is 12.0. The van der Waals surface area contributed by atoms with Gasteiger partial charge in [-0.25, -0.2) is 8.42 Å². The molecular formula is C36H41N3O5S. The van der Waals surface area contributed by atoms with E-state index in [1.165, 1.54) is 17.0 Å². The number of ether oxygens (including phenoxy) is 1. The molecule has 9 heteroatoms. The van der Waals surface area contributed by atoms with Crippen molar-refractivity contribution in [3.05, 3.63) is 125 Å². The second-order valence-corrected chi connectivity index (χ2v) is 13.3. The third kappa shape index (κ3) is 8.73. The number of hydrogen-bond donors (Lipinski definition) is 1. The molecule has 0 aliphatic carbocycles. The summed E-state index contributed by atoms with van der Waals surface area (Å²) in [5.74, 6) is -0.236. The first-order chi connectivity index (χ1) is 21.5. The Morgan fingerprint density at radius 2 is 1.40 bits per heavy atom. The number of nitrogens with one attached hydrogen (secondary N) is 1. The van der Waals surface area contributed by atoms with Gasteiger partial charge in [0.15, 0.2) is 0 Å². The number of carbonyl (C=O) groups is 2. The molecular weight excluding hydrogens is 586 g/mol. The van der Waals surface area contributed by atoms with Gasteiger partial charge in [-0.1, -0.05) is 66.7 Å².